The second-order valence-corrected chi connectivity index (χ2v) is 4.67. The van der Waals surface area contributed by atoms with E-state index in [9.17, 15) is 14.3 Å². The van der Waals surface area contributed by atoms with Gasteiger partial charge in [0.1, 0.15) is 11.4 Å². The molecular weight excluding hydrogens is 249 g/mol. The van der Waals surface area contributed by atoms with Crippen molar-refractivity contribution in [1.29, 1.82) is 0 Å². The van der Waals surface area contributed by atoms with Gasteiger partial charge in [-0.3, -0.25) is 9.89 Å². The van der Waals surface area contributed by atoms with Gasteiger partial charge in [0, 0.05) is 11.8 Å². The highest BCUT2D eigenvalue weighted by molar-refractivity contribution is 5.94. The lowest BCUT2D eigenvalue weighted by atomic mass is 9.90. The standard InChI is InChI=1S/C13H12FN3O2/c14-10-3-1-9(2-4-10)12(18)17-7-13(19,8-17)11-5-6-15-16-11/h1-6,19H,7-8H2,(H,15,16). The summed E-state index contributed by atoms with van der Waals surface area (Å²) in [7, 11) is 0. The van der Waals surface area contributed by atoms with Crippen LogP contribution in [0.15, 0.2) is 36.5 Å². The number of rotatable bonds is 2. The Kier molecular flexibility index (Phi) is 2.60. The van der Waals surface area contributed by atoms with Crippen molar-refractivity contribution in [3.63, 3.8) is 0 Å². The highest BCUT2D eigenvalue weighted by atomic mass is 19.1. The molecule has 1 aromatic carbocycles. The van der Waals surface area contributed by atoms with Gasteiger partial charge in [0.05, 0.1) is 18.8 Å². The number of hydrogen-bond acceptors (Lipinski definition) is 3. The predicted molar refractivity (Wildman–Crippen MR) is 64.8 cm³/mol. The molecule has 6 heteroatoms. The summed E-state index contributed by atoms with van der Waals surface area (Å²) >= 11 is 0. The fraction of sp³-hybridized carbons (Fsp3) is 0.231. The molecule has 0 saturated carbocycles. The van der Waals surface area contributed by atoms with Crippen molar-refractivity contribution in [2.75, 3.05) is 13.1 Å². The molecule has 0 unspecified atom stereocenters. The van der Waals surface area contributed by atoms with Gasteiger partial charge in [0.25, 0.3) is 5.91 Å². The molecule has 1 saturated heterocycles. The van der Waals surface area contributed by atoms with E-state index in [4.69, 9.17) is 0 Å². The number of likely N-dealkylation sites (tertiary alicyclic amines) is 1. The van der Waals surface area contributed by atoms with Gasteiger partial charge in [-0.2, -0.15) is 5.10 Å². The number of carbonyl (C=O) groups excluding carboxylic acids is 1. The normalized spacial score (nSPS) is 17.1. The predicted octanol–water partition coefficient (Wildman–Crippen LogP) is 0.892. The maximum absolute atomic E-state index is 12.8. The molecule has 3 rings (SSSR count). The van der Waals surface area contributed by atoms with Gasteiger partial charge in [-0.15, -0.1) is 0 Å². The lowest BCUT2D eigenvalue weighted by Crippen LogP contribution is -2.61. The number of halogens is 1. The molecule has 98 valence electrons. The summed E-state index contributed by atoms with van der Waals surface area (Å²) in [5, 5.41) is 16.7. The molecule has 1 amide bonds. The first kappa shape index (κ1) is 11.9. The van der Waals surface area contributed by atoms with E-state index in [0.717, 1.165) is 0 Å². The average molecular weight is 261 g/mol. The van der Waals surface area contributed by atoms with Crippen LogP contribution >= 0.6 is 0 Å². The van der Waals surface area contributed by atoms with Crippen LogP contribution in [0.1, 0.15) is 16.1 Å². The number of aromatic amines is 1. The Morgan fingerprint density at radius 2 is 2.00 bits per heavy atom. The fourth-order valence-corrected chi connectivity index (χ4v) is 2.19. The van der Waals surface area contributed by atoms with E-state index in [1.807, 2.05) is 0 Å². The van der Waals surface area contributed by atoms with Crippen LogP contribution in [0.4, 0.5) is 4.39 Å². The molecule has 0 radical (unpaired) electrons. The Hall–Kier alpha value is -2.21. The number of nitrogens with zero attached hydrogens (tertiary/aromatic N) is 2. The summed E-state index contributed by atoms with van der Waals surface area (Å²) < 4.78 is 12.8. The number of nitrogens with one attached hydrogen (secondary N) is 1. The monoisotopic (exact) mass is 261 g/mol. The minimum Gasteiger partial charge on any atom is -0.380 e. The highest BCUT2D eigenvalue weighted by Gasteiger charge is 2.46. The van der Waals surface area contributed by atoms with Crippen LogP contribution in [0, 0.1) is 5.82 Å². The third kappa shape index (κ3) is 2.00. The maximum Gasteiger partial charge on any atom is 0.254 e. The van der Waals surface area contributed by atoms with Crippen molar-refractivity contribution >= 4 is 5.91 Å². The second-order valence-electron chi connectivity index (χ2n) is 4.67. The van der Waals surface area contributed by atoms with Crippen LogP contribution in [0.5, 0.6) is 0 Å². The Labute approximate surface area is 108 Å². The molecule has 1 aliphatic rings. The molecule has 2 aromatic rings. The van der Waals surface area contributed by atoms with Gasteiger partial charge < -0.3 is 10.0 Å². The quantitative estimate of drug-likeness (QED) is 0.843. The van der Waals surface area contributed by atoms with E-state index in [0.29, 0.717) is 11.3 Å². The number of β-amino-alcohol motifs (C(OH)–C–C–N with tert-alkyl or cyclic N) is 1. The summed E-state index contributed by atoms with van der Waals surface area (Å²) in [6.45, 7) is 0.400. The summed E-state index contributed by atoms with van der Waals surface area (Å²) in [5.74, 6) is -0.599. The number of aromatic nitrogens is 2. The van der Waals surface area contributed by atoms with E-state index in [1.165, 1.54) is 29.2 Å². The van der Waals surface area contributed by atoms with E-state index < -0.39 is 5.60 Å². The zero-order valence-electron chi connectivity index (χ0n) is 10.0. The third-order valence-electron chi connectivity index (χ3n) is 3.29. The summed E-state index contributed by atoms with van der Waals surface area (Å²) in [5.41, 5.74) is -0.0599. The molecule has 0 bridgehead atoms. The molecular formula is C13H12FN3O2. The van der Waals surface area contributed by atoms with Gasteiger partial charge in [-0.25, -0.2) is 4.39 Å². The Bertz CT molecular complexity index is 589. The van der Waals surface area contributed by atoms with E-state index >= 15 is 0 Å². The molecule has 0 aliphatic carbocycles. The third-order valence-corrected chi connectivity index (χ3v) is 3.29. The van der Waals surface area contributed by atoms with Gasteiger partial charge >= 0.3 is 0 Å². The first-order valence-corrected chi connectivity index (χ1v) is 5.86. The number of benzene rings is 1. The lowest BCUT2D eigenvalue weighted by molar-refractivity contribution is -0.0892. The fourth-order valence-electron chi connectivity index (χ4n) is 2.19. The maximum atomic E-state index is 12.8. The molecule has 0 atom stereocenters. The zero-order chi connectivity index (χ0) is 13.5. The first-order valence-electron chi connectivity index (χ1n) is 5.86. The highest BCUT2D eigenvalue weighted by Crippen LogP contribution is 2.31. The molecule has 5 nitrogen and oxygen atoms in total. The van der Waals surface area contributed by atoms with E-state index in [-0.39, 0.29) is 24.8 Å². The van der Waals surface area contributed by atoms with Gasteiger partial charge in [-0.05, 0) is 30.3 Å². The largest absolute Gasteiger partial charge is 0.380 e. The van der Waals surface area contributed by atoms with Crippen LogP contribution in [-0.4, -0.2) is 39.2 Å². The molecule has 1 aliphatic heterocycles. The molecule has 2 heterocycles. The second kappa shape index (κ2) is 4.17. The van der Waals surface area contributed by atoms with Crippen molar-refractivity contribution in [3.05, 3.63) is 53.6 Å². The van der Waals surface area contributed by atoms with Crippen molar-refractivity contribution in [2.45, 2.75) is 5.60 Å². The molecule has 0 spiro atoms. The summed E-state index contributed by atoms with van der Waals surface area (Å²) in [6.07, 6.45) is 1.55. The minimum atomic E-state index is -1.06. The van der Waals surface area contributed by atoms with Crippen molar-refractivity contribution in [1.82, 2.24) is 15.1 Å². The van der Waals surface area contributed by atoms with E-state index in [2.05, 4.69) is 10.2 Å². The number of amides is 1. The Balaban J connectivity index is 1.70. The zero-order valence-corrected chi connectivity index (χ0v) is 10.0. The van der Waals surface area contributed by atoms with Crippen LogP contribution in [0.2, 0.25) is 0 Å². The SMILES string of the molecule is O=C(c1ccc(F)cc1)N1CC(O)(c2ccn[nH]2)C1. The summed E-state index contributed by atoms with van der Waals surface area (Å²) in [4.78, 5) is 13.6. The van der Waals surface area contributed by atoms with Crippen molar-refractivity contribution in [3.8, 4) is 0 Å². The van der Waals surface area contributed by atoms with Crippen molar-refractivity contribution < 1.29 is 14.3 Å². The first-order chi connectivity index (χ1) is 9.08. The van der Waals surface area contributed by atoms with Gasteiger partial charge in [-0.1, -0.05) is 0 Å². The molecule has 19 heavy (non-hydrogen) atoms. The molecule has 1 aromatic heterocycles. The summed E-state index contributed by atoms with van der Waals surface area (Å²) in [6, 6.07) is 7.04. The lowest BCUT2D eigenvalue weighted by Gasteiger charge is -2.45. The number of aliphatic hydroxyl groups is 1. The smallest absolute Gasteiger partial charge is 0.254 e. The Morgan fingerprint density at radius 1 is 1.32 bits per heavy atom. The average Bonchev–Trinajstić information content (AvgIpc) is 2.89. The van der Waals surface area contributed by atoms with Crippen LogP contribution in [-0.2, 0) is 5.60 Å². The van der Waals surface area contributed by atoms with Crippen LogP contribution in [0.3, 0.4) is 0 Å². The number of H-pyrrole nitrogens is 1. The minimum absolute atomic E-state index is 0.200. The van der Waals surface area contributed by atoms with E-state index in [1.54, 1.807) is 12.3 Å². The number of hydrogen-bond donors (Lipinski definition) is 2. The van der Waals surface area contributed by atoms with Gasteiger partial charge in [0.2, 0.25) is 0 Å². The number of carbonyl (C=O) groups is 1. The topological polar surface area (TPSA) is 69.2 Å². The molecule has 1 fully saturated rings. The van der Waals surface area contributed by atoms with Crippen LogP contribution in [0.25, 0.3) is 0 Å². The van der Waals surface area contributed by atoms with Gasteiger partial charge in [0.15, 0.2) is 0 Å². The van der Waals surface area contributed by atoms with Crippen molar-refractivity contribution in [2.24, 2.45) is 0 Å². The van der Waals surface area contributed by atoms with Crippen LogP contribution < -0.4 is 0 Å². The molecule has 2 N–H and O–H groups in total. The Morgan fingerprint density at radius 3 is 2.58 bits per heavy atom.